The van der Waals surface area contributed by atoms with Crippen molar-refractivity contribution < 1.29 is 17.9 Å². The Morgan fingerprint density at radius 3 is 2.63 bits per heavy atom. The fourth-order valence-corrected chi connectivity index (χ4v) is 1.52. The molecule has 0 aliphatic heterocycles. The number of hydrogen-bond acceptors (Lipinski definition) is 3. The molecule has 0 aliphatic carbocycles. The van der Waals surface area contributed by atoms with Gasteiger partial charge in [-0.25, -0.2) is 0 Å². The minimum atomic E-state index is -4.16. The van der Waals surface area contributed by atoms with Crippen molar-refractivity contribution in [3.8, 4) is 0 Å². The van der Waals surface area contributed by atoms with E-state index in [9.17, 15) is 13.2 Å². The van der Waals surface area contributed by atoms with Gasteiger partial charge in [0.05, 0.1) is 13.2 Å². The normalized spacial score (nSPS) is 14.8. The number of hydrogen-bond donors (Lipinski definition) is 2. The SMILES string of the molecule is COCC(C)NC(N)=NCCCN(C)CC(F)(F)F. The molecule has 0 spiro atoms. The van der Waals surface area contributed by atoms with Gasteiger partial charge < -0.3 is 15.8 Å². The molecule has 0 aromatic carbocycles. The topological polar surface area (TPSA) is 62.9 Å². The van der Waals surface area contributed by atoms with Gasteiger partial charge in [-0.2, -0.15) is 13.2 Å². The summed E-state index contributed by atoms with van der Waals surface area (Å²) in [7, 11) is 3.02. The highest BCUT2D eigenvalue weighted by atomic mass is 19.4. The van der Waals surface area contributed by atoms with E-state index in [1.54, 1.807) is 7.11 Å². The van der Waals surface area contributed by atoms with E-state index in [1.165, 1.54) is 11.9 Å². The second-order valence-corrected chi connectivity index (χ2v) is 4.47. The summed E-state index contributed by atoms with van der Waals surface area (Å²) in [5.74, 6) is 0.281. The third-order valence-corrected chi connectivity index (χ3v) is 2.24. The van der Waals surface area contributed by atoms with E-state index < -0.39 is 12.7 Å². The second-order valence-electron chi connectivity index (χ2n) is 4.47. The van der Waals surface area contributed by atoms with Gasteiger partial charge >= 0.3 is 6.18 Å². The molecule has 1 atom stereocenters. The van der Waals surface area contributed by atoms with E-state index >= 15 is 0 Å². The summed E-state index contributed by atoms with van der Waals surface area (Å²) in [6, 6.07) is 0.0432. The molecule has 0 fully saturated rings. The summed E-state index contributed by atoms with van der Waals surface area (Å²) in [6.07, 6.45) is -3.64. The molecule has 0 aliphatic rings. The van der Waals surface area contributed by atoms with Crippen molar-refractivity contribution in [1.82, 2.24) is 10.2 Å². The van der Waals surface area contributed by atoms with Gasteiger partial charge in [-0.1, -0.05) is 0 Å². The highest BCUT2D eigenvalue weighted by Gasteiger charge is 2.28. The van der Waals surface area contributed by atoms with E-state index in [1.807, 2.05) is 6.92 Å². The molecular weight excluding hydrogens is 261 g/mol. The first-order chi connectivity index (χ1) is 8.74. The Hall–Kier alpha value is -1.02. The Labute approximate surface area is 112 Å². The standard InChI is InChI=1S/C11H23F3N4O/c1-9(7-19-3)17-10(15)16-5-4-6-18(2)8-11(12,13)14/h9H,4-8H2,1-3H3,(H3,15,16,17). The number of rotatable bonds is 8. The third-order valence-electron chi connectivity index (χ3n) is 2.24. The summed E-state index contributed by atoms with van der Waals surface area (Å²) >= 11 is 0. The first-order valence-electron chi connectivity index (χ1n) is 6.05. The summed E-state index contributed by atoms with van der Waals surface area (Å²) in [5, 5.41) is 2.92. The zero-order chi connectivity index (χ0) is 14.9. The first kappa shape index (κ1) is 18.0. The molecule has 0 aromatic heterocycles. The average molecular weight is 284 g/mol. The van der Waals surface area contributed by atoms with Crippen LogP contribution in [0.5, 0.6) is 0 Å². The molecule has 0 aromatic rings. The van der Waals surface area contributed by atoms with Crippen molar-refractivity contribution in [3.05, 3.63) is 0 Å². The molecule has 0 saturated heterocycles. The molecule has 0 amide bonds. The van der Waals surface area contributed by atoms with Crippen LogP contribution in [-0.4, -0.2) is 63.5 Å². The molecule has 5 nitrogen and oxygen atoms in total. The molecule has 0 bridgehead atoms. The zero-order valence-electron chi connectivity index (χ0n) is 11.6. The fraction of sp³-hybridized carbons (Fsp3) is 0.909. The predicted molar refractivity (Wildman–Crippen MR) is 69.1 cm³/mol. The molecule has 3 N–H and O–H groups in total. The highest BCUT2D eigenvalue weighted by molar-refractivity contribution is 5.78. The number of guanidine groups is 1. The maximum absolute atomic E-state index is 12.0. The van der Waals surface area contributed by atoms with E-state index in [0.29, 0.717) is 26.1 Å². The van der Waals surface area contributed by atoms with E-state index in [0.717, 1.165) is 0 Å². The van der Waals surface area contributed by atoms with Crippen molar-refractivity contribution in [2.45, 2.75) is 25.6 Å². The second kappa shape index (κ2) is 8.98. The van der Waals surface area contributed by atoms with E-state index in [4.69, 9.17) is 10.5 Å². The lowest BCUT2D eigenvalue weighted by Gasteiger charge is -2.18. The molecule has 0 heterocycles. The van der Waals surface area contributed by atoms with Crippen molar-refractivity contribution in [2.24, 2.45) is 10.7 Å². The summed E-state index contributed by atoms with van der Waals surface area (Å²) < 4.78 is 41.1. The Kier molecular flexibility index (Phi) is 8.49. The van der Waals surface area contributed by atoms with Crippen LogP contribution in [0.3, 0.4) is 0 Å². The van der Waals surface area contributed by atoms with Crippen LogP contribution in [0.25, 0.3) is 0 Å². The van der Waals surface area contributed by atoms with Gasteiger partial charge in [-0.15, -0.1) is 0 Å². The Balaban J connectivity index is 3.77. The molecule has 0 saturated carbocycles. The van der Waals surface area contributed by atoms with Gasteiger partial charge in [0.1, 0.15) is 0 Å². The van der Waals surface area contributed by atoms with Crippen molar-refractivity contribution in [1.29, 1.82) is 0 Å². The van der Waals surface area contributed by atoms with Gasteiger partial charge in [-0.3, -0.25) is 9.89 Å². The van der Waals surface area contributed by atoms with Crippen LogP contribution in [0.1, 0.15) is 13.3 Å². The van der Waals surface area contributed by atoms with Crippen LogP contribution < -0.4 is 11.1 Å². The van der Waals surface area contributed by atoms with E-state index in [-0.39, 0.29) is 12.0 Å². The Morgan fingerprint density at radius 2 is 2.11 bits per heavy atom. The molecule has 0 rings (SSSR count). The van der Waals surface area contributed by atoms with Crippen molar-refractivity contribution in [3.63, 3.8) is 0 Å². The zero-order valence-corrected chi connectivity index (χ0v) is 11.6. The monoisotopic (exact) mass is 284 g/mol. The molecule has 0 radical (unpaired) electrons. The largest absolute Gasteiger partial charge is 0.401 e. The molecule has 114 valence electrons. The quantitative estimate of drug-likeness (QED) is 0.393. The predicted octanol–water partition coefficient (Wildman–Crippen LogP) is 0.810. The molecule has 19 heavy (non-hydrogen) atoms. The number of halogens is 3. The number of methoxy groups -OCH3 is 1. The lowest BCUT2D eigenvalue weighted by Crippen LogP contribution is -2.40. The highest BCUT2D eigenvalue weighted by Crippen LogP contribution is 2.15. The van der Waals surface area contributed by atoms with Crippen LogP contribution in [0.4, 0.5) is 13.2 Å². The van der Waals surface area contributed by atoms with Gasteiger partial charge in [0.25, 0.3) is 0 Å². The molecule has 1 unspecified atom stereocenters. The molecule has 8 heteroatoms. The van der Waals surface area contributed by atoms with Crippen LogP contribution in [0.15, 0.2) is 4.99 Å². The number of aliphatic imine (C=N–C) groups is 1. The summed E-state index contributed by atoms with van der Waals surface area (Å²) in [4.78, 5) is 5.25. The number of alkyl halides is 3. The smallest absolute Gasteiger partial charge is 0.383 e. The number of nitrogens with one attached hydrogen (secondary N) is 1. The number of nitrogens with two attached hydrogens (primary N) is 1. The van der Waals surface area contributed by atoms with Gasteiger partial charge in [0.15, 0.2) is 5.96 Å². The third kappa shape index (κ3) is 11.8. The maximum Gasteiger partial charge on any atom is 0.401 e. The Morgan fingerprint density at radius 1 is 1.47 bits per heavy atom. The minimum absolute atomic E-state index is 0.0432. The van der Waals surface area contributed by atoms with Gasteiger partial charge in [0, 0.05) is 19.7 Å². The first-order valence-corrected chi connectivity index (χ1v) is 6.05. The summed E-state index contributed by atoms with van der Waals surface area (Å²) in [6.45, 7) is 2.20. The maximum atomic E-state index is 12.0. The fourth-order valence-electron chi connectivity index (χ4n) is 1.52. The van der Waals surface area contributed by atoms with Crippen molar-refractivity contribution in [2.75, 3.05) is 40.4 Å². The van der Waals surface area contributed by atoms with Gasteiger partial charge in [0.2, 0.25) is 0 Å². The van der Waals surface area contributed by atoms with E-state index in [2.05, 4.69) is 10.3 Å². The van der Waals surface area contributed by atoms with Crippen LogP contribution in [0.2, 0.25) is 0 Å². The Bertz CT molecular complexity index is 271. The van der Waals surface area contributed by atoms with Crippen LogP contribution in [0, 0.1) is 0 Å². The number of nitrogens with zero attached hydrogens (tertiary/aromatic N) is 2. The lowest BCUT2D eigenvalue weighted by atomic mass is 10.3. The van der Waals surface area contributed by atoms with Crippen LogP contribution >= 0.6 is 0 Å². The van der Waals surface area contributed by atoms with Crippen LogP contribution in [-0.2, 0) is 4.74 Å². The lowest BCUT2D eigenvalue weighted by molar-refractivity contribution is -0.143. The molecular formula is C11H23F3N4O. The van der Waals surface area contributed by atoms with Gasteiger partial charge in [-0.05, 0) is 26.9 Å². The minimum Gasteiger partial charge on any atom is -0.383 e. The summed E-state index contributed by atoms with van der Waals surface area (Å²) in [5.41, 5.74) is 5.61. The average Bonchev–Trinajstić information content (AvgIpc) is 2.22. The number of ether oxygens (including phenoxy) is 1. The van der Waals surface area contributed by atoms with Crippen molar-refractivity contribution >= 4 is 5.96 Å².